The zero-order chi connectivity index (χ0) is 25.7. The molecule has 190 valence electrons. The molecule has 2 saturated carbocycles. The van der Waals surface area contributed by atoms with Crippen LogP contribution in [0.1, 0.15) is 35.4 Å². The number of urea groups is 1. The molecule has 9 nitrogen and oxygen atoms in total. The maximum Gasteiger partial charge on any atom is 0.319 e. The highest BCUT2D eigenvalue weighted by atomic mass is 16.5. The molecule has 6 rings (SSSR count). The van der Waals surface area contributed by atoms with Gasteiger partial charge >= 0.3 is 6.03 Å². The number of phenols is 1. The molecule has 9 heteroatoms. The summed E-state index contributed by atoms with van der Waals surface area (Å²) in [7, 11) is 4.03. The lowest BCUT2D eigenvalue weighted by molar-refractivity contribution is -0.116. The molecule has 2 heterocycles. The van der Waals surface area contributed by atoms with Gasteiger partial charge in [-0.15, -0.1) is 0 Å². The third kappa shape index (κ3) is 4.46. The standard InChI is InChI=1S/C28H29N5O4/c1-33(2)15-16-3-5-17(6-4-16)30-27(36)32-28-14-21(28)25(28)20-13-18(7-9-22(20)34)37-23-11-12-29-26-19(23)8-10-24(35)31-26/h3-7,9,11-13,21,25,34H,8,10,14-15H2,1-2H3,(H,29,31,35)(H2,30,32,36)/t21-,25+,28-/m0/s1. The van der Waals surface area contributed by atoms with Gasteiger partial charge in [0.15, 0.2) is 0 Å². The van der Waals surface area contributed by atoms with Gasteiger partial charge in [-0.05, 0) is 74.8 Å². The minimum atomic E-state index is -0.328. The van der Waals surface area contributed by atoms with Crippen LogP contribution in [0.2, 0.25) is 0 Å². The van der Waals surface area contributed by atoms with Crippen LogP contribution in [0.3, 0.4) is 0 Å². The Morgan fingerprint density at radius 2 is 2.00 bits per heavy atom. The number of pyridine rings is 1. The maximum absolute atomic E-state index is 12.7. The number of nitrogens with zero attached hydrogens (tertiary/aromatic N) is 2. The number of amides is 3. The summed E-state index contributed by atoms with van der Waals surface area (Å²) in [6.07, 6.45) is 3.43. The highest BCUT2D eigenvalue weighted by Gasteiger charge is 2.80. The number of aromatic hydroxyl groups is 1. The second kappa shape index (κ2) is 8.77. The van der Waals surface area contributed by atoms with Gasteiger partial charge in [-0.3, -0.25) is 4.79 Å². The smallest absolute Gasteiger partial charge is 0.319 e. The van der Waals surface area contributed by atoms with Gasteiger partial charge in [-0.2, -0.15) is 0 Å². The van der Waals surface area contributed by atoms with Gasteiger partial charge in [0.2, 0.25) is 5.91 Å². The Morgan fingerprint density at radius 1 is 1.19 bits per heavy atom. The zero-order valence-electron chi connectivity index (χ0n) is 20.7. The Morgan fingerprint density at radius 3 is 2.76 bits per heavy atom. The molecule has 0 unspecified atom stereocenters. The van der Waals surface area contributed by atoms with Gasteiger partial charge < -0.3 is 30.7 Å². The Kier molecular flexibility index (Phi) is 5.52. The number of hydrogen-bond acceptors (Lipinski definition) is 6. The number of hydrogen-bond donors (Lipinski definition) is 4. The summed E-state index contributed by atoms with van der Waals surface area (Å²) in [5.41, 5.74) is 3.20. The SMILES string of the molecule is CN(C)Cc1ccc(NC(=O)N[C@@]23C[C@H]2[C@H]3c2cc(Oc3ccnc4c3CCC(=O)N4)ccc2O)cc1. The third-order valence-electron chi connectivity index (χ3n) is 7.40. The molecular weight excluding hydrogens is 470 g/mol. The summed E-state index contributed by atoms with van der Waals surface area (Å²) in [5, 5.41) is 19.4. The highest BCUT2D eigenvalue weighted by molar-refractivity contribution is 5.93. The minimum Gasteiger partial charge on any atom is -0.508 e. The Balaban J connectivity index is 1.12. The van der Waals surface area contributed by atoms with Crippen LogP contribution in [0, 0.1) is 5.92 Å². The van der Waals surface area contributed by atoms with E-state index >= 15 is 0 Å². The van der Waals surface area contributed by atoms with Crippen molar-refractivity contribution in [3.05, 3.63) is 71.4 Å². The second-order valence-electron chi connectivity index (χ2n) is 10.3. The van der Waals surface area contributed by atoms with Crippen molar-refractivity contribution in [1.82, 2.24) is 15.2 Å². The average molecular weight is 500 g/mol. The van der Waals surface area contributed by atoms with E-state index in [9.17, 15) is 14.7 Å². The van der Waals surface area contributed by atoms with Crippen LogP contribution in [-0.4, -0.2) is 46.6 Å². The van der Waals surface area contributed by atoms with E-state index in [0.29, 0.717) is 36.1 Å². The molecule has 0 bridgehead atoms. The molecule has 3 atom stereocenters. The normalized spacial score (nSPS) is 22.9. The van der Waals surface area contributed by atoms with Crippen LogP contribution in [0.15, 0.2) is 54.7 Å². The number of rotatable bonds is 7. The van der Waals surface area contributed by atoms with Crippen molar-refractivity contribution < 1.29 is 19.4 Å². The predicted molar refractivity (Wildman–Crippen MR) is 139 cm³/mol. The minimum absolute atomic E-state index is 0.0370. The number of aromatic nitrogens is 1. The van der Waals surface area contributed by atoms with Crippen molar-refractivity contribution in [2.45, 2.75) is 37.3 Å². The predicted octanol–water partition coefficient (Wildman–Crippen LogP) is 4.20. The van der Waals surface area contributed by atoms with E-state index in [0.717, 1.165) is 29.8 Å². The molecule has 0 radical (unpaired) electrons. The van der Waals surface area contributed by atoms with Crippen molar-refractivity contribution in [3.63, 3.8) is 0 Å². The molecule has 2 aromatic carbocycles. The lowest BCUT2D eigenvalue weighted by atomic mass is 9.99. The summed E-state index contributed by atoms with van der Waals surface area (Å²) >= 11 is 0. The maximum atomic E-state index is 12.7. The largest absolute Gasteiger partial charge is 0.508 e. The van der Waals surface area contributed by atoms with E-state index in [1.165, 1.54) is 5.56 Å². The van der Waals surface area contributed by atoms with Gasteiger partial charge in [0, 0.05) is 41.9 Å². The average Bonchev–Trinajstić information content (AvgIpc) is 3.72. The molecule has 2 fully saturated rings. The van der Waals surface area contributed by atoms with Crippen molar-refractivity contribution in [2.75, 3.05) is 24.7 Å². The van der Waals surface area contributed by atoms with Crippen molar-refractivity contribution >= 4 is 23.4 Å². The van der Waals surface area contributed by atoms with Gasteiger partial charge in [0.25, 0.3) is 0 Å². The van der Waals surface area contributed by atoms with E-state index in [1.807, 2.05) is 44.4 Å². The van der Waals surface area contributed by atoms with Crippen molar-refractivity contribution in [1.29, 1.82) is 0 Å². The fourth-order valence-electron chi connectivity index (χ4n) is 5.38. The second-order valence-corrected chi connectivity index (χ2v) is 10.3. The lowest BCUT2D eigenvalue weighted by Gasteiger charge is -2.20. The summed E-state index contributed by atoms with van der Waals surface area (Å²) < 4.78 is 6.16. The van der Waals surface area contributed by atoms with E-state index in [-0.39, 0.29) is 29.1 Å². The molecule has 0 saturated heterocycles. The highest BCUT2D eigenvalue weighted by Crippen LogP contribution is 2.77. The summed E-state index contributed by atoms with van der Waals surface area (Å²) in [6.45, 7) is 0.839. The number of anilines is 2. The Bertz CT molecular complexity index is 1390. The first-order valence-electron chi connectivity index (χ1n) is 12.4. The number of benzene rings is 2. The molecule has 37 heavy (non-hydrogen) atoms. The van der Waals surface area contributed by atoms with E-state index in [4.69, 9.17) is 4.74 Å². The van der Waals surface area contributed by atoms with Crippen LogP contribution in [0.25, 0.3) is 0 Å². The van der Waals surface area contributed by atoms with E-state index in [1.54, 1.807) is 24.4 Å². The fraction of sp³-hybridized carbons (Fsp3) is 0.321. The van der Waals surface area contributed by atoms with Crippen LogP contribution in [-0.2, 0) is 17.8 Å². The molecule has 2 aliphatic carbocycles. The quantitative estimate of drug-likeness (QED) is 0.387. The molecule has 3 aromatic rings. The van der Waals surface area contributed by atoms with Gasteiger partial charge in [0.05, 0.1) is 5.54 Å². The first-order chi connectivity index (χ1) is 17.8. The molecule has 1 aliphatic heterocycles. The molecule has 3 aliphatic rings. The number of phenolic OH excluding ortho intramolecular Hbond substituents is 1. The van der Waals surface area contributed by atoms with Crippen LogP contribution >= 0.6 is 0 Å². The number of carbonyl (C=O) groups is 2. The molecule has 0 spiro atoms. The summed E-state index contributed by atoms with van der Waals surface area (Å²) in [5.74, 6) is 2.21. The third-order valence-corrected chi connectivity index (χ3v) is 7.40. The van der Waals surface area contributed by atoms with Gasteiger partial charge in [0.1, 0.15) is 23.1 Å². The summed E-state index contributed by atoms with van der Waals surface area (Å²) in [4.78, 5) is 30.8. The lowest BCUT2D eigenvalue weighted by Crippen LogP contribution is -2.36. The van der Waals surface area contributed by atoms with Gasteiger partial charge in [-0.25, -0.2) is 9.78 Å². The van der Waals surface area contributed by atoms with Gasteiger partial charge in [-0.1, -0.05) is 12.1 Å². The van der Waals surface area contributed by atoms with Crippen LogP contribution in [0.4, 0.5) is 16.3 Å². The van der Waals surface area contributed by atoms with E-state index in [2.05, 4.69) is 25.8 Å². The Hall–Kier alpha value is -4.11. The number of fused-ring (bicyclic) bond motifs is 2. The fourth-order valence-corrected chi connectivity index (χ4v) is 5.38. The van der Waals surface area contributed by atoms with Crippen LogP contribution in [0.5, 0.6) is 17.2 Å². The van der Waals surface area contributed by atoms with Crippen molar-refractivity contribution in [3.8, 4) is 17.2 Å². The molecular formula is C28H29N5O4. The molecule has 1 aromatic heterocycles. The zero-order valence-corrected chi connectivity index (χ0v) is 20.7. The topological polar surface area (TPSA) is 116 Å². The number of nitrogens with one attached hydrogen (secondary N) is 3. The Labute approximate surface area is 214 Å². The van der Waals surface area contributed by atoms with Crippen LogP contribution < -0.4 is 20.7 Å². The van der Waals surface area contributed by atoms with Crippen molar-refractivity contribution in [2.24, 2.45) is 5.92 Å². The first kappa shape index (κ1) is 23.3. The summed E-state index contributed by atoms with van der Waals surface area (Å²) in [6, 6.07) is 14.5. The number of ether oxygens (including phenoxy) is 1. The molecule has 4 N–H and O–H groups in total. The monoisotopic (exact) mass is 499 g/mol. The number of carbonyl (C=O) groups excluding carboxylic acids is 2. The van der Waals surface area contributed by atoms with E-state index < -0.39 is 0 Å². The molecule has 3 amide bonds. The first-order valence-corrected chi connectivity index (χ1v) is 12.4.